The lowest BCUT2D eigenvalue weighted by molar-refractivity contribution is -0.144. The van der Waals surface area contributed by atoms with Crippen LogP contribution in [0.5, 0.6) is 0 Å². The van der Waals surface area contributed by atoms with Crippen LogP contribution in [0, 0.1) is 12.8 Å². The van der Waals surface area contributed by atoms with E-state index in [1.165, 1.54) is 11.2 Å². The number of likely N-dealkylation sites (tertiary alicyclic amines) is 1. The van der Waals surface area contributed by atoms with Crippen LogP contribution >= 0.6 is 0 Å². The summed E-state index contributed by atoms with van der Waals surface area (Å²) in [7, 11) is 0. The Hall–Kier alpha value is -2.70. The SMILES string of the molecule is Cc1cc(-n2cncn2)ccc1C(=O)N1CCC(C)CC1C(=O)O. The number of aromatic nitrogens is 3. The Morgan fingerprint density at radius 3 is 2.75 bits per heavy atom. The van der Waals surface area contributed by atoms with Gasteiger partial charge in [-0.05, 0) is 49.4 Å². The molecule has 1 aliphatic heterocycles. The van der Waals surface area contributed by atoms with E-state index in [1.807, 2.05) is 19.9 Å². The van der Waals surface area contributed by atoms with Crippen molar-refractivity contribution in [1.29, 1.82) is 0 Å². The van der Waals surface area contributed by atoms with Crippen LogP contribution in [-0.4, -0.2) is 49.2 Å². The van der Waals surface area contributed by atoms with Crippen LogP contribution < -0.4 is 0 Å². The summed E-state index contributed by atoms with van der Waals surface area (Å²) >= 11 is 0. The van der Waals surface area contributed by atoms with Gasteiger partial charge >= 0.3 is 5.97 Å². The number of carbonyl (C=O) groups is 2. The first-order valence-electron chi connectivity index (χ1n) is 7.97. The lowest BCUT2D eigenvalue weighted by Gasteiger charge is -2.36. The molecule has 3 rings (SSSR count). The molecule has 1 aliphatic rings. The minimum absolute atomic E-state index is 0.225. The van der Waals surface area contributed by atoms with E-state index >= 15 is 0 Å². The van der Waals surface area contributed by atoms with Gasteiger partial charge < -0.3 is 10.0 Å². The van der Waals surface area contributed by atoms with Crippen molar-refractivity contribution in [3.63, 3.8) is 0 Å². The van der Waals surface area contributed by atoms with Gasteiger partial charge in [-0.25, -0.2) is 14.5 Å². The summed E-state index contributed by atoms with van der Waals surface area (Å²) in [5.41, 5.74) is 2.12. The summed E-state index contributed by atoms with van der Waals surface area (Å²) in [5, 5.41) is 13.5. The van der Waals surface area contributed by atoms with E-state index < -0.39 is 12.0 Å². The molecule has 7 heteroatoms. The van der Waals surface area contributed by atoms with E-state index in [-0.39, 0.29) is 5.91 Å². The van der Waals surface area contributed by atoms with Crippen LogP contribution in [0.1, 0.15) is 35.7 Å². The first-order chi connectivity index (χ1) is 11.5. The summed E-state index contributed by atoms with van der Waals surface area (Å²) in [5.74, 6) is -0.852. The molecule has 0 bridgehead atoms. The number of carboxylic acids is 1. The largest absolute Gasteiger partial charge is 0.480 e. The second-order valence-electron chi connectivity index (χ2n) is 6.32. The minimum Gasteiger partial charge on any atom is -0.480 e. The Labute approximate surface area is 139 Å². The van der Waals surface area contributed by atoms with Crippen molar-refractivity contribution >= 4 is 11.9 Å². The molecule has 24 heavy (non-hydrogen) atoms. The predicted octanol–water partition coefficient (Wildman–Crippen LogP) is 1.90. The molecular weight excluding hydrogens is 308 g/mol. The standard InChI is InChI=1S/C17H20N4O3/c1-11-5-6-20(15(7-11)17(23)24)16(22)14-4-3-13(8-12(14)2)21-10-18-9-19-21/h3-4,8-11,15H,5-7H2,1-2H3,(H,23,24). The predicted molar refractivity (Wildman–Crippen MR) is 87.0 cm³/mol. The Morgan fingerprint density at radius 2 is 2.12 bits per heavy atom. The molecule has 2 aromatic rings. The van der Waals surface area contributed by atoms with E-state index in [2.05, 4.69) is 10.1 Å². The molecule has 1 saturated heterocycles. The van der Waals surface area contributed by atoms with Crippen molar-refractivity contribution in [2.24, 2.45) is 5.92 Å². The number of nitrogens with zero attached hydrogens (tertiary/aromatic N) is 4. The number of hydrogen-bond donors (Lipinski definition) is 1. The maximum absolute atomic E-state index is 12.9. The highest BCUT2D eigenvalue weighted by atomic mass is 16.4. The van der Waals surface area contributed by atoms with E-state index in [4.69, 9.17) is 0 Å². The van der Waals surface area contributed by atoms with Crippen molar-refractivity contribution in [2.45, 2.75) is 32.7 Å². The maximum atomic E-state index is 12.9. The molecule has 1 N–H and O–H groups in total. The number of hydrogen-bond acceptors (Lipinski definition) is 4. The number of aryl methyl sites for hydroxylation is 1. The molecule has 1 fully saturated rings. The van der Waals surface area contributed by atoms with Gasteiger partial charge in [-0.3, -0.25) is 4.79 Å². The van der Waals surface area contributed by atoms with Crippen molar-refractivity contribution in [3.05, 3.63) is 42.0 Å². The first-order valence-corrected chi connectivity index (χ1v) is 7.97. The molecule has 2 unspecified atom stereocenters. The molecule has 0 spiro atoms. The average molecular weight is 328 g/mol. The third-order valence-electron chi connectivity index (χ3n) is 4.53. The van der Waals surface area contributed by atoms with Gasteiger partial charge in [-0.2, -0.15) is 5.10 Å². The normalized spacial score (nSPS) is 20.8. The van der Waals surface area contributed by atoms with Gasteiger partial charge in [0.2, 0.25) is 0 Å². The topological polar surface area (TPSA) is 88.3 Å². The second-order valence-corrected chi connectivity index (χ2v) is 6.32. The number of carboxylic acid groups (broad SMARTS) is 1. The number of piperidine rings is 1. The molecule has 1 amide bonds. The van der Waals surface area contributed by atoms with E-state index in [0.29, 0.717) is 24.4 Å². The van der Waals surface area contributed by atoms with Crippen LogP contribution in [0.4, 0.5) is 0 Å². The molecule has 2 atom stereocenters. The van der Waals surface area contributed by atoms with Gasteiger partial charge in [0.05, 0.1) is 5.69 Å². The zero-order valence-electron chi connectivity index (χ0n) is 13.7. The molecular formula is C17H20N4O3. The Kier molecular flexibility index (Phi) is 4.33. The Bertz CT molecular complexity index is 757. The number of aliphatic carboxylic acids is 1. The van der Waals surface area contributed by atoms with Gasteiger partial charge in [-0.1, -0.05) is 6.92 Å². The van der Waals surface area contributed by atoms with Crippen LogP contribution in [0.3, 0.4) is 0 Å². The highest BCUT2D eigenvalue weighted by molar-refractivity contribution is 5.98. The van der Waals surface area contributed by atoms with Crippen LogP contribution in [-0.2, 0) is 4.79 Å². The number of benzene rings is 1. The summed E-state index contributed by atoms with van der Waals surface area (Å²) in [6.45, 7) is 4.34. The van der Waals surface area contributed by atoms with Crippen LogP contribution in [0.25, 0.3) is 5.69 Å². The summed E-state index contributed by atoms with van der Waals surface area (Å²) in [6, 6.07) is 4.61. The molecule has 0 aliphatic carbocycles. The zero-order chi connectivity index (χ0) is 17.3. The fraction of sp³-hybridized carbons (Fsp3) is 0.412. The fourth-order valence-electron chi connectivity index (χ4n) is 3.15. The van der Waals surface area contributed by atoms with E-state index in [0.717, 1.165) is 17.7 Å². The van der Waals surface area contributed by atoms with Gasteiger partial charge in [0, 0.05) is 12.1 Å². The van der Waals surface area contributed by atoms with E-state index in [1.54, 1.807) is 23.1 Å². The summed E-state index contributed by atoms with van der Waals surface area (Å²) in [4.78, 5) is 29.8. The monoisotopic (exact) mass is 328 g/mol. The Balaban J connectivity index is 1.88. The maximum Gasteiger partial charge on any atom is 0.326 e. The highest BCUT2D eigenvalue weighted by Crippen LogP contribution is 2.25. The zero-order valence-corrected chi connectivity index (χ0v) is 13.7. The quantitative estimate of drug-likeness (QED) is 0.929. The van der Waals surface area contributed by atoms with Crippen molar-refractivity contribution in [3.8, 4) is 5.69 Å². The molecule has 0 radical (unpaired) electrons. The Morgan fingerprint density at radius 1 is 1.33 bits per heavy atom. The minimum atomic E-state index is -0.938. The number of amides is 1. The fourth-order valence-corrected chi connectivity index (χ4v) is 3.15. The number of carbonyl (C=O) groups excluding carboxylic acids is 1. The summed E-state index contributed by atoms with van der Waals surface area (Å²) < 4.78 is 1.61. The molecule has 2 heterocycles. The van der Waals surface area contributed by atoms with Crippen LogP contribution in [0.15, 0.2) is 30.9 Å². The highest BCUT2D eigenvalue weighted by Gasteiger charge is 2.35. The van der Waals surface area contributed by atoms with E-state index in [9.17, 15) is 14.7 Å². The van der Waals surface area contributed by atoms with Crippen molar-refractivity contribution in [2.75, 3.05) is 6.54 Å². The molecule has 0 saturated carbocycles. The summed E-state index contributed by atoms with van der Waals surface area (Å²) in [6.07, 6.45) is 4.35. The third-order valence-corrected chi connectivity index (χ3v) is 4.53. The third kappa shape index (κ3) is 3.02. The van der Waals surface area contributed by atoms with Gasteiger partial charge in [0.15, 0.2) is 0 Å². The molecule has 1 aromatic heterocycles. The van der Waals surface area contributed by atoms with Crippen molar-refractivity contribution in [1.82, 2.24) is 19.7 Å². The second kappa shape index (κ2) is 6.43. The lowest BCUT2D eigenvalue weighted by atomic mass is 9.91. The van der Waals surface area contributed by atoms with Gasteiger partial charge in [0.1, 0.15) is 18.7 Å². The average Bonchev–Trinajstić information content (AvgIpc) is 3.08. The lowest BCUT2D eigenvalue weighted by Crippen LogP contribution is -2.49. The first kappa shape index (κ1) is 16.2. The molecule has 1 aromatic carbocycles. The van der Waals surface area contributed by atoms with Gasteiger partial charge in [0.25, 0.3) is 5.91 Å². The smallest absolute Gasteiger partial charge is 0.326 e. The molecule has 126 valence electrons. The van der Waals surface area contributed by atoms with Crippen molar-refractivity contribution < 1.29 is 14.7 Å². The van der Waals surface area contributed by atoms with Gasteiger partial charge in [-0.15, -0.1) is 0 Å². The van der Waals surface area contributed by atoms with Crippen LogP contribution in [0.2, 0.25) is 0 Å². The molecule has 7 nitrogen and oxygen atoms in total. The number of rotatable bonds is 3.